The number of nitrogens with two attached hydrogens (primary N) is 1. The number of ether oxygens (including phenoxy) is 1. The summed E-state index contributed by atoms with van der Waals surface area (Å²) in [5.74, 6) is 0.837. The molecule has 0 aliphatic carbocycles. The maximum Gasteiger partial charge on any atom is 0.119 e. The van der Waals surface area contributed by atoms with Crippen molar-refractivity contribution < 1.29 is 4.74 Å². The number of nitrogens with zero attached hydrogens (tertiary/aromatic N) is 2. The standard InChI is InChI=1S/C16H20BrN3O/c1-20(11-12-5-7-19-8-6-12)16(10-18)14-9-13(21-2)3-4-15(14)17/h3-9,16H,10-11,18H2,1-2H3. The van der Waals surface area contributed by atoms with Crippen molar-refractivity contribution in [3.63, 3.8) is 0 Å². The van der Waals surface area contributed by atoms with Crippen molar-refractivity contribution >= 4 is 15.9 Å². The summed E-state index contributed by atoms with van der Waals surface area (Å²) in [5, 5.41) is 0. The van der Waals surface area contributed by atoms with Crippen molar-refractivity contribution in [2.75, 3.05) is 20.7 Å². The lowest BCUT2D eigenvalue weighted by Crippen LogP contribution is -2.30. The molecule has 0 fully saturated rings. The highest BCUT2D eigenvalue weighted by molar-refractivity contribution is 9.10. The summed E-state index contributed by atoms with van der Waals surface area (Å²) in [4.78, 5) is 6.28. The van der Waals surface area contributed by atoms with Crippen LogP contribution in [0.25, 0.3) is 0 Å². The van der Waals surface area contributed by atoms with E-state index in [1.807, 2.05) is 42.7 Å². The Balaban J connectivity index is 2.22. The molecular formula is C16H20BrN3O. The smallest absolute Gasteiger partial charge is 0.119 e. The summed E-state index contributed by atoms with van der Waals surface area (Å²) in [7, 11) is 3.75. The molecule has 1 aromatic heterocycles. The molecule has 0 saturated heterocycles. The van der Waals surface area contributed by atoms with E-state index in [2.05, 4.69) is 32.9 Å². The molecule has 0 radical (unpaired) electrons. The molecule has 1 aromatic carbocycles. The van der Waals surface area contributed by atoms with Crippen molar-refractivity contribution in [1.29, 1.82) is 0 Å². The predicted molar refractivity (Wildman–Crippen MR) is 88.2 cm³/mol. The first-order valence-electron chi connectivity index (χ1n) is 6.78. The Morgan fingerprint density at radius 1 is 1.29 bits per heavy atom. The fourth-order valence-electron chi connectivity index (χ4n) is 2.33. The number of hydrogen-bond acceptors (Lipinski definition) is 4. The summed E-state index contributed by atoms with van der Waals surface area (Å²) in [6.45, 7) is 1.35. The summed E-state index contributed by atoms with van der Waals surface area (Å²) < 4.78 is 6.36. The molecule has 0 spiro atoms. The van der Waals surface area contributed by atoms with Crippen LogP contribution in [0.1, 0.15) is 17.2 Å². The minimum atomic E-state index is 0.114. The first-order valence-corrected chi connectivity index (χ1v) is 7.57. The van der Waals surface area contributed by atoms with Gasteiger partial charge in [-0.15, -0.1) is 0 Å². The van der Waals surface area contributed by atoms with Crippen molar-refractivity contribution in [2.24, 2.45) is 5.73 Å². The number of benzene rings is 1. The van der Waals surface area contributed by atoms with Crippen LogP contribution in [0, 0.1) is 0 Å². The van der Waals surface area contributed by atoms with E-state index in [9.17, 15) is 0 Å². The van der Waals surface area contributed by atoms with Crippen LogP contribution in [0.2, 0.25) is 0 Å². The molecular weight excluding hydrogens is 330 g/mol. The highest BCUT2D eigenvalue weighted by Crippen LogP contribution is 2.30. The van der Waals surface area contributed by atoms with Crippen molar-refractivity contribution in [3.8, 4) is 5.75 Å². The van der Waals surface area contributed by atoms with E-state index in [-0.39, 0.29) is 6.04 Å². The molecule has 1 atom stereocenters. The second-order valence-electron chi connectivity index (χ2n) is 4.91. The maximum absolute atomic E-state index is 6.00. The minimum absolute atomic E-state index is 0.114. The van der Waals surface area contributed by atoms with Crippen molar-refractivity contribution in [3.05, 3.63) is 58.3 Å². The highest BCUT2D eigenvalue weighted by atomic mass is 79.9. The monoisotopic (exact) mass is 349 g/mol. The van der Waals surface area contributed by atoms with Gasteiger partial charge in [0.15, 0.2) is 0 Å². The lowest BCUT2D eigenvalue weighted by molar-refractivity contribution is 0.240. The molecule has 0 bridgehead atoms. The quantitative estimate of drug-likeness (QED) is 0.870. The largest absolute Gasteiger partial charge is 0.497 e. The molecule has 2 aromatic rings. The SMILES string of the molecule is COc1ccc(Br)c(C(CN)N(C)Cc2ccncc2)c1. The van der Waals surface area contributed by atoms with E-state index in [0.717, 1.165) is 22.3 Å². The minimum Gasteiger partial charge on any atom is -0.497 e. The van der Waals surface area contributed by atoms with Gasteiger partial charge in [0.25, 0.3) is 0 Å². The lowest BCUT2D eigenvalue weighted by atomic mass is 10.0. The molecule has 21 heavy (non-hydrogen) atoms. The molecule has 112 valence electrons. The fourth-order valence-corrected chi connectivity index (χ4v) is 2.85. The van der Waals surface area contributed by atoms with Gasteiger partial charge in [0.1, 0.15) is 5.75 Å². The van der Waals surface area contributed by atoms with E-state index in [1.54, 1.807) is 7.11 Å². The van der Waals surface area contributed by atoms with Gasteiger partial charge in [0, 0.05) is 36.0 Å². The van der Waals surface area contributed by atoms with Crippen LogP contribution in [-0.4, -0.2) is 30.6 Å². The van der Waals surface area contributed by atoms with Crippen molar-refractivity contribution in [2.45, 2.75) is 12.6 Å². The van der Waals surface area contributed by atoms with Gasteiger partial charge in [0.2, 0.25) is 0 Å². The molecule has 1 unspecified atom stereocenters. The van der Waals surface area contributed by atoms with Gasteiger partial charge in [0.05, 0.1) is 7.11 Å². The van der Waals surface area contributed by atoms with Gasteiger partial charge in [-0.2, -0.15) is 0 Å². The average molecular weight is 350 g/mol. The van der Waals surface area contributed by atoms with Crippen LogP contribution in [0.5, 0.6) is 5.75 Å². The summed E-state index contributed by atoms with van der Waals surface area (Å²) in [6.07, 6.45) is 3.62. The Kier molecular flexibility index (Phi) is 5.73. The Bertz CT molecular complexity index is 577. The van der Waals surface area contributed by atoms with Gasteiger partial charge in [-0.3, -0.25) is 9.88 Å². The molecule has 2 rings (SSSR count). The number of likely N-dealkylation sites (N-methyl/N-ethyl adjacent to an activating group) is 1. The predicted octanol–water partition coefficient (Wildman–Crippen LogP) is 2.98. The number of rotatable bonds is 6. The second kappa shape index (κ2) is 7.54. The van der Waals surface area contributed by atoms with E-state index >= 15 is 0 Å². The summed E-state index contributed by atoms with van der Waals surface area (Å²) >= 11 is 3.61. The van der Waals surface area contributed by atoms with Gasteiger partial charge in [-0.05, 0) is 48.5 Å². The Morgan fingerprint density at radius 3 is 2.62 bits per heavy atom. The van der Waals surface area contributed by atoms with Crippen LogP contribution in [0.3, 0.4) is 0 Å². The molecule has 4 nitrogen and oxygen atoms in total. The number of aromatic nitrogens is 1. The third kappa shape index (κ3) is 4.03. The maximum atomic E-state index is 6.00. The fraction of sp³-hybridized carbons (Fsp3) is 0.312. The van der Waals surface area contributed by atoms with Crippen LogP contribution in [0.15, 0.2) is 47.2 Å². The average Bonchev–Trinajstić information content (AvgIpc) is 2.51. The number of halogens is 1. The van der Waals surface area contributed by atoms with Crippen LogP contribution >= 0.6 is 15.9 Å². The zero-order valence-corrected chi connectivity index (χ0v) is 13.9. The lowest BCUT2D eigenvalue weighted by Gasteiger charge is -2.28. The van der Waals surface area contributed by atoms with Gasteiger partial charge in [-0.25, -0.2) is 0 Å². The first kappa shape index (κ1) is 15.9. The zero-order valence-electron chi connectivity index (χ0n) is 12.3. The highest BCUT2D eigenvalue weighted by Gasteiger charge is 2.19. The van der Waals surface area contributed by atoms with E-state index in [0.29, 0.717) is 6.54 Å². The zero-order chi connectivity index (χ0) is 15.2. The third-order valence-electron chi connectivity index (χ3n) is 3.50. The first-order chi connectivity index (χ1) is 10.2. The van der Waals surface area contributed by atoms with Gasteiger partial charge in [-0.1, -0.05) is 15.9 Å². The third-order valence-corrected chi connectivity index (χ3v) is 4.22. The topological polar surface area (TPSA) is 51.4 Å². The molecule has 0 saturated carbocycles. The summed E-state index contributed by atoms with van der Waals surface area (Å²) in [6, 6.07) is 10.1. The Hall–Kier alpha value is -1.43. The van der Waals surface area contributed by atoms with Gasteiger partial charge >= 0.3 is 0 Å². The Morgan fingerprint density at radius 2 is 2.00 bits per heavy atom. The van der Waals surface area contributed by atoms with Crippen LogP contribution in [-0.2, 0) is 6.54 Å². The Labute approximate surface area is 134 Å². The number of hydrogen-bond donors (Lipinski definition) is 1. The van der Waals surface area contributed by atoms with Crippen molar-refractivity contribution in [1.82, 2.24) is 9.88 Å². The van der Waals surface area contributed by atoms with Crippen LogP contribution < -0.4 is 10.5 Å². The molecule has 2 N–H and O–H groups in total. The van der Waals surface area contributed by atoms with Crippen LogP contribution in [0.4, 0.5) is 0 Å². The molecule has 0 aliphatic heterocycles. The number of pyridine rings is 1. The van der Waals surface area contributed by atoms with E-state index in [4.69, 9.17) is 10.5 Å². The normalized spacial score (nSPS) is 12.4. The number of methoxy groups -OCH3 is 1. The molecule has 5 heteroatoms. The molecule has 1 heterocycles. The summed E-state index contributed by atoms with van der Waals surface area (Å²) in [5.41, 5.74) is 8.35. The second-order valence-corrected chi connectivity index (χ2v) is 5.76. The van der Waals surface area contributed by atoms with E-state index in [1.165, 1.54) is 5.56 Å². The molecule has 0 amide bonds. The van der Waals surface area contributed by atoms with Gasteiger partial charge < -0.3 is 10.5 Å². The van der Waals surface area contributed by atoms with E-state index < -0.39 is 0 Å². The molecule has 0 aliphatic rings.